The van der Waals surface area contributed by atoms with Crippen LogP contribution in [0.2, 0.25) is 0 Å². The summed E-state index contributed by atoms with van der Waals surface area (Å²) in [5, 5.41) is 19.0. The van der Waals surface area contributed by atoms with Crippen LogP contribution in [0, 0.1) is 0 Å². The van der Waals surface area contributed by atoms with Crippen molar-refractivity contribution in [2.45, 2.75) is 38.5 Å². The van der Waals surface area contributed by atoms with Crippen LogP contribution in [0.25, 0.3) is 0 Å². The lowest BCUT2D eigenvalue weighted by Gasteiger charge is -2.19. The number of benzene rings is 1. The molecule has 2 atom stereocenters. The second kappa shape index (κ2) is 5.48. The van der Waals surface area contributed by atoms with Gasteiger partial charge in [0.25, 0.3) is 0 Å². The van der Waals surface area contributed by atoms with Crippen molar-refractivity contribution in [3.63, 3.8) is 0 Å². The molecule has 0 bridgehead atoms. The summed E-state index contributed by atoms with van der Waals surface area (Å²) in [6, 6.07) is 2.28. The number of halogens is 4. The SMILES string of the molecule is CCC(C)c1cc(C(O)C(F)(F)F)cc(Br)c1O. The van der Waals surface area contributed by atoms with Crippen molar-refractivity contribution in [1.29, 1.82) is 0 Å². The summed E-state index contributed by atoms with van der Waals surface area (Å²) in [6.07, 6.45) is -6.59. The van der Waals surface area contributed by atoms with Crippen LogP contribution in [0.5, 0.6) is 5.75 Å². The van der Waals surface area contributed by atoms with E-state index in [0.717, 1.165) is 6.07 Å². The maximum absolute atomic E-state index is 12.5. The Hall–Kier alpha value is -0.750. The van der Waals surface area contributed by atoms with Crippen molar-refractivity contribution in [2.75, 3.05) is 0 Å². The van der Waals surface area contributed by atoms with Crippen molar-refractivity contribution in [2.24, 2.45) is 0 Å². The quantitative estimate of drug-likeness (QED) is 0.871. The van der Waals surface area contributed by atoms with Crippen LogP contribution in [0.4, 0.5) is 13.2 Å². The van der Waals surface area contributed by atoms with E-state index in [2.05, 4.69) is 15.9 Å². The average Bonchev–Trinajstić information content (AvgIpc) is 2.29. The number of aliphatic hydroxyl groups excluding tert-OH is 1. The Morgan fingerprint density at radius 1 is 1.33 bits per heavy atom. The van der Waals surface area contributed by atoms with Crippen LogP contribution in [-0.2, 0) is 0 Å². The number of hydrogen-bond donors (Lipinski definition) is 2. The van der Waals surface area contributed by atoms with Gasteiger partial charge >= 0.3 is 6.18 Å². The molecule has 2 unspecified atom stereocenters. The highest BCUT2D eigenvalue weighted by atomic mass is 79.9. The number of phenolic OH excluding ortho intramolecular Hbond substituents is 1. The normalized spacial score (nSPS) is 15.5. The molecule has 0 saturated carbocycles. The van der Waals surface area contributed by atoms with Crippen LogP contribution in [0.15, 0.2) is 16.6 Å². The van der Waals surface area contributed by atoms with Crippen LogP contribution < -0.4 is 0 Å². The van der Waals surface area contributed by atoms with Gasteiger partial charge in [0.1, 0.15) is 5.75 Å². The molecule has 2 N–H and O–H groups in total. The molecule has 102 valence electrons. The third kappa shape index (κ3) is 3.17. The minimum atomic E-state index is -4.72. The van der Waals surface area contributed by atoms with E-state index in [1.807, 2.05) is 6.92 Å². The van der Waals surface area contributed by atoms with Gasteiger partial charge in [-0.15, -0.1) is 0 Å². The number of aliphatic hydroxyl groups is 1. The van der Waals surface area contributed by atoms with Crippen molar-refractivity contribution in [3.05, 3.63) is 27.7 Å². The van der Waals surface area contributed by atoms with Crippen molar-refractivity contribution in [3.8, 4) is 5.75 Å². The summed E-state index contributed by atoms with van der Waals surface area (Å²) in [7, 11) is 0. The Balaban J connectivity index is 3.28. The van der Waals surface area contributed by atoms with E-state index in [0.29, 0.717) is 12.0 Å². The number of rotatable bonds is 3. The molecule has 2 nitrogen and oxygen atoms in total. The largest absolute Gasteiger partial charge is 0.506 e. The van der Waals surface area contributed by atoms with E-state index < -0.39 is 12.3 Å². The van der Waals surface area contributed by atoms with Gasteiger partial charge in [-0.3, -0.25) is 0 Å². The van der Waals surface area contributed by atoms with E-state index >= 15 is 0 Å². The Bertz CT molecular complexity index is 432. The molecule has 0 heterocycles. The lowest BCUT2D eigenvalue weighted by atomic mass is 9.94. The van der Waals surface area contributed by atoms with Gasteiger partial charge in [-0.05, 0) is 51.5 Å². The molecule has 1 aromatic rings. The van der Waals surface area contributed by atoms with Crippen molar-refractivity contribution in [1.82, 2.24) is 0 Å². The first-order chi connectivity index (χ1) is 8.18. The lowest BCUT2D eigenvalue weighted by Crippen LogP contribution is -2.20. The van der Waals surface area contributed by atoms with Crippen LogP contribution in [0.3, 0.4) is 0 Å². The van der Waals surface area contributed by atoms with Gasteiger partial charge < -0.3 is 10.2 Å². The standard InChI is InChI=1S/C12H14BrF3O2/c1-3-6(2)8-4-7(5-9(13)10(8)17)11(18)12(14,15)16/h4-6,11,17-18H,3H2,1-2H3. The fraction of sp³-hybridized carbons (Fsp3) is 0.500. The van der Waals surface area contributed by atoms with E-state index in [1.54, 1.807) is 6.92 Å². The van der Waals surface area contributed by atoms with Gasteiger partial charge in [0.05, 0.1) is 4.47 Å². The third-order valence-electron chi connectivity index (χ3n) is 2.88. The molecule has 0 fully saturated rings. The number of alkyl halides is 3. The van der Waals surface area contributed by atoms with Gasteiger partial charge in [0, 0.05) is 0 Å². The first-order valence-corrected chi connectivity index (χ1v) is 6.24. The molecule has 0 aliphatic rings. The average molecular weight is 327 g/mol. The predicted octanol–water partition coefficient (Wildman–Crippen LogP) is 4.26. The third-order valence-corrected chi connectivity index (χ3v) is 3.49. The number of phenols is 1. The molecule has 0 aliphatic carbocycles. The van der Waals surface area contributed by atoms with E-state index in [1.165, 1.54) is 6.07 Å². The molecule has 18 heavy (non-hydrogen) atoms. The summed E-state index contributed by atoms with van der Waals surface area (Å²) in [6.45, 7) is 3.66. The summed E-state index contributed by atoms with van der Waals surface area (Å²) in [4.78, 5) is 0. The fourth-order valence-electron chi connectivity index (χ4n) is 1.58. The zero-order chi connectivity index (χ0) is 14.1. The Morgan fingerprint density at radius 2 is 1.89 bits per heavy atom. The van der Waals surface area contributed by atoms with Crippen LogP contribution in [0.1, 0.15) is 43.4 Å². The van der Waals surface area contributed by atoms with E-state index in [-0.39, 0.29) is 21.7 Å². The second-order valence-electron chi connectivity index (χ2n) is 4.19. The highest BCUT2D eigenvalue weighted by Gasteiger charge is 2.40. The Kier molecular flexibility index (Phi) is 4.66. The maximum Gasteiger partial charge on any atom is 0.418 e. The van der Waals surface area contributed by atoms with Gasteiger partial charge in [-0.2, -0.15) is 13.2 Å². The summed E-state index contributed by atoms with van der Waals surface area (Å²) < 4.78 is 37.5. The van der Waals surface area contributed by atoms with Gasteiger partial charge in [-0.1, -0.05) is 13.8 Å². The summed E-state index contributed by atoms with van der Waals surface area (Å²) >= 11 is 3.00. The molecule has 1 aromatic carbocycles. The second-order valence-corrected chi connectivity index (χ2v) is 5.05. The topological polar surface area (TPSA) is 40.5 Å². The molecule has 1 rings (SSSR count). The molecular formula is C12H14BrF3O2. The minimum Gasteiger partial charge on any atom is -0.506 e. The van der Waals surface area contributed by atoms with Crippen molar-refractivity contribution >= 4 is 15.9 Å². The summed E-state index contributed by atoms with van der Waals surface area (Å²) in [5.41, 5.74) is 0.118. The van der Waals surface area contributed by atoms with Crippen LogP contribution in [-0.4, -0.2) is 16.4 Å². The summed E-state index contributed by atoms with van der Waals surface area (Å²) in [5.74, 6) is -0.177. The Morgan fingerprint density at radius 3 is 2.33 bits per heavy atom. The first kappa shape index (κ1) is 15.3. The predicted molar refractivity (Wildman–Crippen MR) is 65.5 cm³/mol. The molecule has 0 amide bonds. The highest BCUT2D eigenvalue weighted by Crippen LogP contribution is 2.40. The molecule has 0 aromatic heterocycles. The smallest absolute Gasteiger partial charge is 0.418 e. The zero-order valence-electron chi connectivity index (χ0n) is 9.92. The molecular weight excluding hydrogens is 313 g/mol. The monoisotopic (exact) mass is 326 g/mol. The molecule has 0 radical (unpaired) electrons. The van der Waals surface area contributed by atoms with E-state index in [4.69, 9.17) is 0 Å². The molecule has 0 spiro atoms. The highest BCUT2D eigenvalue weighted by molar-refractivity contribution is 9.10. The van der Waals surface area contributed by atoms with Gasteiger partial charge in [-0.25, -0.2) is 0 Å². The number of hydrogen-bond acceptors (Lipinski definition) is 2. The van der Waals surface area contributed by atoms with Gasteiger partial charge in [0.15, 0.2) is 6.10 Å². The molecule has 0 saturated heterocycles. The van der Waals surface area contributed by atoms with Crippen LogP contribution >= 0.6 is 15.9 Å². The fourth-order valence-corrected chi connectivity index (χ4v) is 2.08. The first-order valence-electron chi connectivity index (χ1n) is 5.45. The van der Waals surface area contributed by atoms with Gasteiger partial charge in [0.2, 0.25) is 0 Å². The zero-order valence-corrected chi connectivity index (χ0v) is 11.5. The van der Waals surface area contributed by atoms with E-state index in [9.17, 15) is 23.4 Å². The number of aromatic hydroxyl groups is 1. The Labute approximate surface area is 112 Å². The molecule has 0 aliphatic heterocycles. The lowest BCUT2D eigenvalue weighted by molar-refractivity contribution is -0.206. The molecule has 6 heteroatoms. The minimum absolute atomic E-state index is 0.0810. The maximum atomic E-state index is 12.5. The van der Waals surface area contributed by atoms with Crippen molar-refractivity contribution < 1.29 is 23.4 Å².